The monoisotopic (exact) mass is 313 g/mol. The Morgan fingerprint density at radius 3 is 2.96 bits per heavy atom. The van der Waals surface area contributed by atoms with Crippen molar-refractivity contribution in [3.8, 4) is 0 Å². The molecule has 1 aliphatic heterocycles. The molecule has 4 atom stereocenters. The Bertz CT molecular complexity index is 604. The molecule has 3 fully saturated rings. The predicted octanol–water partition coefficient (Wildman–Crippen LogP) is 1.73. The van der Waals surface area contributed by atoms with Crippen molar-refractivity contribution in [3.05, 3.63) is 30.1 Å². The van der Waals surface area contributed by atoms with Gasteiger partial charge in [-0.15, -0.1) is 0 Å². The van der Waals surface area contributed by atoms with Gasteiger partial charge in [0, 0.05) is 37.9 Å². The van der Waals surface area contributed by atoms with Crippen LogP contribution in [-0.4, -0.2) is 34.3 Å². The number of likely N-dealkylation sites (tertiary alicyclic amines) is 1. The van der Waals surface area contributed by atoms with Gasteiger partial charge in [0.25, 0.3) is 0 Å². The number of hydrogen-bond acceptors (Lipinski definition) is 3. The molecule has 1 N–H and O–H groups in total. The van der Waals surface area contributed by atoms with Crippen LogP contribution in [0.1, 0.15) is 37.7 Å². The van der Waals surface area contributed by atoms with E-state index in [1.165, 1.54) is 19.3 Å². The highest BCUT2D eigenvalue weighted by molar-refractivity contribution is 5.89. The van der Waals surface area contributed by atoms with Crippen LogP contribution in [0.5, 0.6) is 0 Å². The molecule has 0 spiro atoms. The number of fused-ring (bicyclic) bond motifs is 2. The summed E-state index contributed by atoms with van der Waals surface area (Å²) >= 11 is 0. The first-order chi connectivity index (χ1) is 11.2. The normalized spacial score (nSPS) is 32.5. The summed E-state index contributed by atoms with van der Waals surface area (Å²) in [6.45, 7) is 1.08. The zero-order valence-corrected chi connectivity index (χ0v) is 13.3. The minimum atomic E-state index is -0.196. The summed E-state index contributed by atoms with van der Waals surface area (Å²) < 4.78 is 0. The van der Waals surface area contributed by atoms with Crippen LogP contribution >= 0.6 is 0 Å². The van der Waals surface area contributed by atoms with Crippen LogP contribution in [0.25, 0.3) is 0 Å². The average molecular weight is 313 g/mol. The quantitative estimate of drug-likeness (QED) is 0.921. The van der Waals surface area contributed by atoms with Crippen LogP contribution in [0.15, 0.2) is 24.5 Å². The first kappa shape index (κ1) is 14.7. The third-order valence-corrected chi connectivity index (χ3v) is 5.82. The highest BCUT2D eigenvalue weighted by Gasteiger charge is 2.47. The van der Waals surface area contributed by atoms with E-state index in [4.69, 9.17) is 0 Å². The maximum absolute atomic E-state index is 12.4. The number of carbonyl (C=O) groups is 2. The van der Waals surface area contributed by atoms with Gasteiger partial charge in [-0.2, -0.15) is 0 Å². The Morgan fingerprint density at radius 1 is 1.35 bits per heavy atom. The summed E-state index contributed by atoms with van der Waals surface area (Å²) in [5.41, 5.74) is 0.982. The molecule has 3 aliphatic rings. The summed E-state index contributed by atoms with van der Waals surface area (Å²) in [4.78, 5) is 30.8. The van der Waals surface area contributed by atoms with Gasteiger partial charge in [0.05, 0.1) is 5.92 Å². The molecular formula is C18H23N3O2. The largest absolute Gasteiger partial charge is 0.352 e. The van der Waals surface area contributed by atoms with Crippen molar-refractivity contribution in [2.75, 3.05) is 6.54 Å². The van der Waals surface area contributed by atoms with Crippen LogP contribution in [-0.2, 0) is 16.1 Å². The van der Waals surface area contributed by atoms with E-state index >= 15 is 0 Å². The van der Waals surface area contributed by atoms with Gasteiger partial charge in [0.2, 0.25) is 11.8 Å². The molecule has 5 nitrogen and oxygen atoms in total. The lowest BCUT2D eigenvalue weighted by Crippen LogP contribution is -2.41. The molecule has 2 heterocycles. The lowest BCUT2D eigenvalue weighted by molar-refractivity contribution is -0.131. The minimum Gasteiger partial charge on any atom is -0.352 e. The van der Waals surface area contributed by atoms with Crippen molar-refractivity contribution in [2.24, 2.45) is 17.8 Å². The maximum Gasteiger partial charge on any atom is 0.225 e. The SMILES string of the molecule is O=C(NCc1cccnc1)[C@H]1CC(=O)N([C@H]2C[C@H]3CC[C@H]2C3)C1. The fourth-order valence-electron chi connectivity index (χ4n) is 4.66. The molecule has 1 aromatic heterocycles. The second-order valence-corrected chi connectivity index (χ2v) is 7.27. The molecule has 122 valence electrons. The topological polar surface area (TPSA) is 62.3 Å². The lowest BCUT2D eigenvalue weighted by Gasteiger charge is -2.31. The number of nitrogens with zero attached hydrogens (tertiary/aromatic N) is 2. The number of nitrogens with one attached hydrogen (secondary N) is 1. The zero-order valence-electron chi connectivity index (χ0n) is 13.3. The Morgan fingerprint density at radius 2 is 2.26 bits per heavy atom. The summed E-state index contributed by atoms with van der Waals surface area (Å²) in [5, 5.41) is 2.95. The second-order valence-electron chi connectivity index (χ2n) is 7.27. The van der Waals surface area contributed by atoms with Crippen molar-refractivity contribution < 1.29 is 9.59 Å². The molecule has 2 saturated carbocycles. The number of carbonyl (C=O) groups excluding carboxylic acids is 2. The minimum absolute atomic E-state index is 0.00661. The lowest BCUT2D eigenvalue weighted by atomic mass is 9.94. The van der Waals surface area contributed by atoms with Crippen molar-refractivity contribution >= 4 is 11.8 Å². The smallest absolute Gasteiger partial charge is 0.225 e. The number of rotatable bonds is 4. The molecule has 2 amide bonds. The van der Waals surface area contributed by atoms with Crippen LogP contribution in [0.2, 0.25) is 0 Å². The second kappa shape index (κ2) is 5.95. The molecular weight excluding hydrogens is 290 g/mol. The van der Waals surface area contributed by atoms with Gasteiger partial charge in [-0.25, -0.2) is 0 Å². The summed E-state index contributed by atoms with van der Waals surface area (Å²) in [6, 6.07) is 4.20. The van der Waals surface area contributed by atoms with Crippen molar-refractivity contribution in [1.29, 1.82) is 0 Å². The number of aromatic nitrogens is 1. The molecule has 5 heteroatoms. The fraction of sp³-hybridized carbons (Fsp3) is 0.611. The molecule has 1 saturated heterocycles. The molecule has 1 aromatic rings. The van der Waals surface area contributed by atoms with Crippen LogP contribution in [0.3, 0.4) is 0 Å². The molecule has 2 aliphatic carbocycles. The van der Waals surface area contributed by atoms with E-state index in [9.17, 15) is 9.59 Å². The molecule has 0 radical (unpaired) electrons. The highest BCUT2D eigenvalue weighted by Crippen LogP contribution is 2.47. The van der Waals surface area contributed by atoms with Crippen molar-refractivity contribution in [2.45, 2.75) is 44.7 Å². The third-order valence-electron chi connectivity index (χ3n) is 5.82. The van der Waals surface area contributed by atoms with Crippen molar-refractivity contribution in [3.63, 3.8) is 0 Å². The molecule has 0 unspecified atom stereocenters. The van der Waals surface area contributed by atoms with Gasteiger partial charge in [-0.1, -0.05) is 12.5 Å². The Kier molecular flexibility index (Phi) is 3.79. The zero-order chi connectivity index (χ0) is 15.8. The van der Waals surface area contributed by atoms with E-state index in [-0.39, 0.29) is 17.7 Å². The molecule has 0 aromatic carbocycles. The number of pyridine rings is 1. The van der Waals surface area contributed by atoms with Gasteiger partial charge in [0.15, 0.2) is 0 Å². The summed E-state index contributed by atoms with van der Waals surface area (Å²) in [6.07, 6.45) is 8.87. The maximum atomic E-state index is 12.4. The molecule has 2 bridgehead atoms. The van der Waals surface area contributed by atoms with E-state index in [0.29, 0.717) is 31.5 Å². The molecule has 23 heavy (non-hydrogen) atoms. The van der Waals surface area contributed by atoms with Gasteiger partial charge >= 0.3 is 0 Å². The summed E-state index contributed by atoms with van der Waals surface area (Å²) in [5.74, 6) is 1.47. The van der Waals surface area contributed by atoms with E-state index in [0.717, 1.165) is 17.9 Å². The third kappa shape index (κ3) is 2.84. The predicted molar refractivity (Wildman–Crippen MR) is 85.1 cm³/mol. The van der Waals surface area contributed by atoms with E-state index in [2.05, 4.69) is 10.3 Å². The number of hydrogen-bond donors (Lipinski definition) is 1. The van der Waals surface area contributed by atoms with E-state index in [1.54, 1.807) is 12.4 Å². The van der Waals surface area contributed by atoms with Gasteiger partial charge in [-0.05, 0) is 42.7 Å². The van der Waals surface area contributed by atoms with Gasteiger partial charge in [-0.3, -0.25) is 14.6 Å². The molecule has 4 rings (SSSR count). The van der Waals surface area contributed by atoms with Gasteiger partial charge in [0.1, 0.15) is 0 Å². The van der Waals surface area contributed by atoms with E-state index < -0.39 is 0 Å². The first-order valence-corrected chi connectivity index (χ1v) is 8.67. The number of amides is 2. The van der Waals surface area contributed by atoms with Crippen LogP contribution in [0, 0.1) is 17.8 Å². The fourth-order valence-corrected chi connectivity index (χ4v) is 4.66. The standard InChI is InChI=1S/C18H23N3O2/c22-17-8-15(18(23)20-10-13-2-1-5-19-9-13)11-21(17)16-7-12-3-4-14(16)6-12/h1-2,5,9,12,14-16H,3-4,6-8,10-11H2,(H,20,23)/t12-,14-,15-,16-/m0/s1. The van der Waals surface area contributed by atoms with Crippen LogP contribution < -0.4 is 5.32 Å². The Balaban J connectivity index is 1.33. The van der Waals surface area contributed by atoms with Crippen LogP contribution in [0.4, 0.5) is 0 Å². The van der Waals surface area contributed by atoms with E-state index in [1.807, 2.05) is 17.0 Å². The van der Waals surface area contributed by atoms with Crippen molar-refractivity contribution in [1.82, 2.24) is 15.2 Å². The average Bonchev–Trinajstić information content (AvgIpc) is 3.28. The summed E-state index contributed by atoms with van der Waals surface area (Å²) in [7, 11) is 0. The highest BCUT2D eigenvalue weighted by atomic mass is 16.2. The van der Waals surface area contributed by atoms with Gasteiger partial charge < -0.3 is 10.2 Å². The first-order valence-electron chi connectivity index (χ1n) is 8.67. The Hall–Kier alpha value is -1.91. The Labute approximate surface area is 136 Å².